The van der Waals surface area contributed by atoms with E-state index in [1.807, 2.05) is 0 Å². The van der Waals surface area contributed by atoms with Crippen molar-refractivity contribution in [1.82, 2.24) is 4.90 Å². The molecule has 3 heteroatoms. The van der Waals surface area contributed by atoms with Gasteiger partial charge in [-0.2, -0.15) is 0 Å². The average Bonchev–Trinajstić information content (AvgIpc) is 2.31. The van der Waals surface area contributed by atoms with Gasteiger partial charge in [-0.05, 0) is 51.1 Å². The Hall–Kier alpha value is 0.400. The van der Waals surface area contributed by atoms with Gasteiger partial charge >= 0.3 is 0 Å². The number of hydrogen-bond donors (Lipinski definition) is 0. The number of ether oxygens (including phenoxy) is 1. The van der Waals surface area contributed by atoms with Crippen LogP contribution >= 0.6 is 15.9 Å². The van der Waals surface area contributed by atoms with Crippen LogP contribution < -0.4 is 0 Å². The van der Waals surface area contributed by atoms with Gasteiger partial charge < -0.3 is 9.64 Å². The Morgan fingerprint density at radius 2 is 1.93 bits per heavy atom. The van der Waals surface area contributed by atoms with Crippen LogP contribution in [0.3, 0.4) is 0 Å². The van der Waals surface area contributed by atoms with Gasteiger partial charge in [0.25, 0.3) is 0 Å². The lowest BCUT2D eigenvalue weighted by molar-refractivity contribution is -0.0106. The second-order valence-electron chi connectivity index (χ2n) is 4.89. The van der Waals surface area contributed by atoms with Crippen LogP contribution in [0.15, 0.2) is 0 Å². The van der Waals surface area contributed by atoms with Gasteiger partial charge in [0.05, 0.1) is 6.10 Å². The van der Waals surface area contributed by atoms with E-state index in [-0.39, 0.29) is 0 Å². The highest BCUT2D eigenvalue weighted by atomic mass is 79.9. The SMILES string of the molecule is BrCC1CCN(CC2CCCCO2)CC1. The van der Waals surface area contributed by atoms with E-state index in [0.717, 1.165) is 12.5 Å². The highest BCUT2D eigenvalue weighted by Crippen LogP contribution is 2.21. The van der Waals surface area contributed by atoms with Crippen LogP contribution in [0.4, 0.5) is 0 Å². The van der Waals surface area contributed by atoms with Crippen molar-refractivity contribution in [3.63, 3.8) is 0 Å². The van der Waals surface area contributed by atoms with Crippen molar-refractivity contribution < 1.29 is 4.74 Å². The van der Waals surface area contributed by atoms with Gasteiger partial charge in [-0.3, -0.25) is 0 Å². The molecule has 0 radical (unpaired) electrons. The third kappa shape index (κ3) is 3.72. The second-order valence-corrected chi connectivity index (χ2v) is 5.53. The van der Waals surface area contributed by atoms with Gasteiger partial charge in [-0.15, -0.1) is 0 Å². The second kappa shape index (κ2) is 6.21. The summed E-state index contributed by atoms with van der Waals surface area (Å²) in [5, 5.41) is 1.18. The predicted molar refractivity (Wildman–Crippen MR) is 66.5 cm³/mol. The molecule has 2 heterocycles. The van der Waals surface area contributed by atoms with E-state index in [1.54, 1.807) is 0 Å². The van der Waals surface area contributed by atoms with Crippen molar-refractivity contribution in [3.05, 3.63) is 0 Å². The molecule has 0 bridgehead atoms. The summed E-state index contributed by atoms with van der Waals surface area (Å²) in [7, 11) is 0. The molecule has 2 aliphatic heterocycles. The maximum absolute atomic E-state index is 5.78. The predicted octanol–water partition coefficient (Wildman–Crippen LogP) is 2.66. The highest BCUT2D eigenvalue weighted by molar-refractivity contribution is 9.09. The quantitative estimate of drug-likeness (QED) is 0.735. The summed E-state index contributed by atoms with van der Waals surface area (Å²) in [6, 6.07) is 0. The standard InChI is InChI=1S/C12H22BrNO/c13-9-11-4-6-14(7-5-11)10-12-3-1-2-8-15-12/h11-12H,1-10H2. The Morgan fingerprint density at radius 1 is 1.13 bits per heavy atom. The van der Waals surface area contributed by atoms with Crippen LogP contribution in [0, 0.1) is 5.92 Å². The van der Waals surface area contributed by atoms with Gasteiger partial charge in [-0.25, -0.2) is 0 Å². The summed E-state index contributed by atoms with van der Waals surface area (Å²) in [5.41, 5.74) is 0. The molecule has 0 N–H and O–H groups in total. The Kier molecular flexibility index (Phi) is 4.92. The first-order valence-electron chi connectivity index (χ1n) is 6.28. The lowest BCUT2D eigenvalue weighted by atomic mass is 9.98. The van der Waals surface area contributed by atoms with Crippen molar-refractivity contribution in [2.45, 2.75) is 38.2 Å². The van der Waals surface area contributed by atoms with Crippen LogP contribution in [-0.2, 0) is 4.74 Å². The molecule has 2 rings (SSSR count). The fourth-order valence-corrected chi connectivity index (χ4v) is 3.21. The fraction of sp³-hybridized carbons (Fsp3) is 1.00. The molecule has 0 aromatic carbocycles. The zero-order chi connectivity index (χ0) is 10.5. The monoisotopic (exact) mass is 275 g/mol. The summed E-state index contributed by atoms with van der Waals surface area (Å²) in [6.07, 6.45) is 7.15. The van der Waals surface area contributed by atoms with Crippen LogP contribution in [0.5, 0.6) is 0 Å². The van der Waals surface area contributed by atoms with Crippen molar-refractivity contribution in [1.29, 1.82) is 0 Å². The van der Waals surface area contributed by atoms with E-state index in [1.165, 1.54) is 57.1 Å². The molecule has 1 atom stereocenters. The largest absolute Gasteiger partial charge is 0.377 e. The van der Waals surface area contributed by atoms with Crippen LogP contribution in [0.2, 0.25) is 0 Å². The van der Waals surface area contributed by atoms with E-state index in [4.69, 9.17) is 4.74 Å². The topological polar surface area (TPSA) is 12.5 Å². The van der Waals surface area contributed by atoms with Crippen LogP contribution in [-0.4, -0.2) is 42.6 Å². The third-order valence-electron chi connectivity index (χ3n) is 3.66. The molecule has 0 aromatic heterocycles. The van der Waals surface area contributed by atoms with Crippen LogP contribution in [0.1, 0.15) is 32.1 Å². The van der Waals surface area contributed by atoms with Gasteiger partial charge in [-0.1, -0.05) is 15.9 Å². The molecule has 2 fully saturated rings. The number of rotatable bonds is 3. The summed E-state index contributed by atoms with van der Waals surface area (Å²) in [5.74, 6) is 0.911. The Bertz CT molecular complexity index is 174. The molecule has 0 spiro atoms. The molecule has 2 nitrogen and oxygen atoms in total. The van der Waals surface area contributed by atoms with Crippen molar-refractivity contribution in [2.24, 2.45) is 5.92 Å². The molecule has 0 saturated carbocycles. The van der Waals surface area contributed by atoms with E-state index in [0.29, 0.717) is 6.10 Å². The average molecular weight is 276 g/mol. The van der Waals surface area contributed by atoms with Crippen molar-refractivity contribution >= 4 is 15.9 Å². The van der Waals surface area contributed by atoms with Crippen molar-refractivity contribution in [2.75, 3.05) is 31.6 Å². The van der Waals surface area contributed by atoms with E-state index in [9.17, 15) is 0 Å². The first-order valence-corrected chi connectivity index (χ1v) is 7.40. The number of likely N-dealkylation sites (tertiary alicyclic amines) is 1. The maximum atomic E-state index is 5.78. The first-order chi connectivity index (χ1) is 7.38. The van der Waals surface area contributed by atoms with Crippen molar-refractivity contribution in [3.8, 4) is 0 Å². The fourth-order valence-electron chi connectivity index (χ4n) is 2.56. The molecule has 0 aromatic rings. The maximum Gasteiger partial charge on any atom is 0.0702 e. The zero-order valence-corrected chi connectivity index (χ0v) is 11.0. The Labute approximate surface area is 101 Å². The third-order valence-corrected chi connectivity index (χ3v) is 4.58. The number of alkyl halides is 1. The minimum absolute atomic E-state index is 0.527. The molecule has 88 valence electrons. The van der Waals surface area contributed by atoms with Crippen LogP contribution in [0.25, 0.3) is 0 Å². The first kappa shape index (κ1) is 11.9. The zero-order valence-electron chi connectivity index (χ0n) is 9.46. The Balaban J connectivity index is 1.67. The number of hydrogen-bond acceptors (Lipinski definition) is 2. The molecular weight excluding hydrogens is 254 g/mol. The van der Waals surface area contributed by atoms with Gasteiger partial charge in [0.2, 0.25) is 0 Å². The number of halogens is 1. The number of piperidine rings is 1. The molecule has 2 aliphatic rings. The van der Waals surface area contributed by atoms with Gasteiger partial charge in [0.1, 0.15) is 0 Å². The lowest BCUT2D eigenvalue weighted by Gasteiger charge is -2.34. The Morgan fingerprint density at radius 3 is 2.53 bits per heavy atom. The normalized spacial score (nSPS) is 30.6. The summed E-state index contributed by atoms with van der Waals surface area (Å²) < 4.78 is 5.78. The number of nitrogens with zero attached hydrogens (tertiary/aromatic N) is 1. The van der Waals surface area contributed by atoms with E-state index in [2.05, 4.69) is 20.8 Å². The van der Waals surface area contributed by atoms with E-state index < -0.39 is 0 Å². The van der Waals surface area contributed by atoms with Gasteiger partial charge in [0.15, 0.2) is 0 Å². The molecular formula is C12H22BrNO. The highest BCUT2D eigenvalue weighted by Gasteiger charge is 2.22. The minimum Gasteiger partial charge on any atom is -0.377 e. The molecule has 15 heavy (non-hydrogen) atoms. The molecule has 1 unspecified atom stereocenters. The molecule has 2 saturated heterocycles. The van der Waals surface area contributed by atoms with Gasteiger partial charge in [0, 0.05) is 18.5 Å². The smallest absolute Gasteiger partial charge is 0.0702 e. The molecule has 0 amide bonds. The summed E-state index contributed by atoms with van der Waals surface area (Å²) >= 11 is 3.59. The summed E-state index contributed by atoms with van der Waals surface area (Å²) in [4.78, 5) is 2.59. The molecule has 0 aliphatic carbocycles. The minimum atomic E-state index is 0.527. The summed E-state index contributed by atoms with van der Waals surface area (Å²) in [6.45, 7) is 4.71. The van der Waals surface area contributed by atoms with E-state index >= 15 is 0 Å². The lowest BCUT2D eigenvalue weighted by Crippen LogP contribution is -2.40.